The molecule has 37 heavy (non-hydrogen) atoms. The van der Waals surface area contributed by atoms with Gasteiger partial charge in [-0.25, -0.2) is 0 Å². The highest BCUT2D eigenvalue weighted by atomic mass is 16.5. The molecule has 6 rings (SSSR count). The maximum Gasteiger partial charge on any atom is 0.302 e. The van der Waals surface area contributed by atoms with E-state index in [0.29, 0.717) is 40.9 Å². The summed E-state index contributed by atoms with van der Waals surface area (Å²) in [7, 11) is 2.40. The van der Waals surface area contributed by atoms with Gasteiger partial charge in [-0.1, -0.05) is 20.3 Å². The zero-order valence-corrected chi connectivity index (χ0v) is 24.2. The third-order valence-electron chi connectivity index (χ3n) is 13.2. The molecule has 5 heteroatoms. The maximum absolute atomic E-state index is 14.1. The number of hydrogen-bond donors (Lipinski definition) is 0. The number of piperidine rings is 2. The lowest BCUT2D eigenvalue weighted by atomic mass is 9.44. The molecular formula is C32H53N2O3+. The number of carbonyl (C=O) groups excluding carboxylic acids is 2. The first kappa shape index (κ1) is 26.3. The van der Waals surface area contributed by atoms with Gasteiger partial charge in [0.1, 0.15) is 12.1 Å². The van der Waals surface area contributed by atoms with Gasteiger partial charge >= 0.3 is 5.97 Å². The van der Waals surface area contributed by atoms with Gasteiger partial charge in [0.25, 0.3) is 0 Å². The summed E-state index contributed by atoms with van der Waals surface area (Å²) in [6.07, 6.45) is 16.0. The molecule has 0 bridgehead atoms. The second-order valence-electron chi connectivity index (χ2n) is 15.0. The van der Waals surface area contributed by atoms with Crippen LogP contribution in [-0.4, -0.2) is 72.5 Å². The van der Waals surface area contributed by atoms with Crippen LogP contribution < -0.4 is 0 Å². The van der Waals surface area contributed by atoms with E-state index in [4.69, 9.17) is 4.74 Å². The van der Waals surface area contributed by atoms with Gasteiger partial charge in [-0.05, 0) is 113 Å². The molecule has 2 saturated heterocycles. The molecule has 0 radical (unpaired) electrons. The number of quaternary nitrogens is 1. The molecule has 0 amide bonds. The van der Waals surface area contributed by atoms with Crippen molar-refractivity contribution in [3.05, 3.63) is 0 Å². The van der Waals surface area contributed by atoms with E-state index < -0.39 is 0 Å². The van der Waals surface area contributed by atoms with Crippen molar-refractivity contribution in [3.63, 3.8) is 0 Å². The Morgan fingerprint density at radius 1 is 0.946 bits per heavy atom. The molecule has 0 N–H and O–H groups in total. The monoisotopic (exact) mass is 513 g/mol. The van der Waals surface area contributed by atoms with Crippen LogP contribution in [0.25, 0.3) is 0 Å². The molecule has 2 heterocycles. The molecule has 0 aromatic rings. The van der Waals surface area contributed by atoms with Gasteiger partial charge in [-0.15, -0.1) is 0 Å². The number of ketones is 1. The number of esters is 1. The van der Waals surface area contributed by atoms with Crippen LogP contribution in [0.15, 0.2) is 0 Å². The Bertz CT molecular complexity index is 892. The van der Waals surface area contributed by atoms with Crippen molar-refractivity contribution in [3.8, 4) is 0 Å². The van der Waals surface area contributed by atoms with Crippen LogP contribution in [0.2, 0.25) is 0 Å². The lowest BCUT2D eigenvalue weighted by molar-refractivity contribution is -0.928. The number of ether oxygens (including phenoxy) is 1. The molecule has 0 spiro atoms. The van der Waals surface area contributed by atoms with Crippen molar-refractivity contribution in [2.24, 2.45) is 34.5 Å². The van der Waals surface area contributed by atoms with Gasteiger partial charge < -0.3 is 9.22 Å². The van der Waals surface area contributed by atoms with E-state index in [0.717, 1.165) is 36.8 Å². The summed E-state index contributed by atoms with van der Waals surface area (Å²) in [6.45, 7) is 11.3. The Hall–Kier alpha value is -0.940. The third-order valence-corrected chi connectivity index (χ3v) is 13.2. The molecule has 208 valence electrons. The molecule has 0 aromatic carbocycles. The SMILES string of the molecule is CC(=O)O[C@H]1C[C@@H]2CC[C@H]3[C@@H](CC[C@]4(C)C(=O)[C@@H]([N+]5(C)CCCCC5)C[C@@H]34)[C@@]2(C)C[C@@H]1N1CCCCC1. The van der Waals surface area contributed by atoms with Gasteiger partial charge in [-0.3, -0.25) is 14.5 Å². The van der Waals surface area contributed by atoms with Crippen LogP contribution in [0.4, 0.5) is 0 Å². The quantitative estimate of drug-likeness (QED) is 0.364. The molecule has 5 nitrogen and oxygen atoms in total. The molecule has 9 atom stereocenters. The molecular weight excluding hydrogens is 460 g/mol. The number of likely N-dealkylation sites (tertiary alicyclic amines) is 2. The van der Waals surface area contributed by atoms with Crippen LogP contribution in [0.3, 0.4) is 0 Å². The largest absolute Gasteiger partial charge is 0.461 e. The Labute approximate surface area is 225 Å². The lowest BCUT2D eigenvalue weighted by Crippen LogP contribution is -2.60. The zero-order valence-electron chi connectivity index (χ0n) is 24.2. The number of carbonyl (C=O) groups is 2. The smallest absolute Gasteiger partial charge is 0.302 e. The topological polar surface area (TPSA) is 46.6 Å². The minimum absolute atomic E-state index is 0.0556. The third kappa shape index (κ3) is 4.24. The molecule has 6 fully saturated rings. The van der Waals surface area contributed by atoms with Crippen LogP contribution in [-0.2, 0) is 14.3 Å². The number of nitrogens with zero attached hydrogens (tertiary/aromatic N) is 2. The van der Waals surface area contributed by atoms with Crippen molar-refractivity contribution in [1.82, 2.24) is 4.90 Å². The summed E-state index contributed by atoms with van der Waals surface area (Å²) < 4.78 is 7.07. The minimum atomic E-state index is -0.109. The Kier molecular flexibility index (Phi) is 6.83. The summed E-state index contributed by atoms with van der Waals surface area (Å²) in [6, 6.07) is 0.605. The van der Waals surface area contributed by atoms with Gasteiger partial charge in [0.15, 0.2) is 5.78 Å². The van der Waals surface area contributed by atoms with Crippen molar-refractivity contribution in [2.45, 2.75) is 122 Å². The summed E-state index contributed by atoms with van der Waals surface area (Å²) in [5, 5.41) is 0. The summed E-state index contributed by atoms with van der Waals surface area (Å²) in [5.74, 6) is 3.13. The number of Topliss-reactive ketones (excluding diaryl/α,β-unsaturated/α-hetero) is 1. The molecule has 2 aliphatic heterocycles. The van der Waals surface area contributed by atoms with Crippen molar-refractivity contribution >= 4 is 11.8 Å². The molecule has 4 saturated carbocycles. The van der Waals surface area contributed by atoms with E-state index in [-0.39, 0.29) is 23.5 Å². The van der Waals surface area contributed by atoms with Gasteiger partial charge in [0, 0.05) is 24.8 Å². The van der Waals surface area contributed by atoms with E-state index in [9.17, 15) is 9.59 Å². The van der Waals surface area contributed by atoms with E-state index in [1.165, 1.54) is 77.3 Å². The number of hydrogen-bond acceptors (Lipinski definition) is 4. The van der Waals surface area contributed by atoms with Crippen LogP contribution >= 0.6 is 0 Å². The highest BCUT2D eigenvalue weighted by Gasteiger charge is 2.66. The zero-order chi connectivity index (χ0) is 26.0. The van der Waals surface area contributed by atoms with Crippen molar-refractivity contribution in [2.75, 3.05) is 33.2 Å². The Morgan fingerprint density at radius 3 is 2.35 bits per heavy atom. The lowest BCUT2D eigenvalue weighted by Gasteiger charge is -2.62. The fraction of sp³-hybridized carbons (Fsp3) is 0.938. The molecule has 0 aromatic heterocycles. The second-order valence-corrected chi connectivity index (χ2v) is 15.0. The normalized spacial score (nSPS) is 48.0. The van der Waals surface area contributed by atoms with Crippen molar-refractivity contribution in [1.29, 1.82) is 0 Å². The second kappa shape index (κ2) is 9.61. The Morgan fingerprint density at radius 2 is 1.65 bits per heavy atom. The predicted octanol–water partition coefficient (Wildman–Crippen LogP) is 5.60. The van der Waals surface area contributed by atoms with E-state index in [1.807, 2.05) is 0 Å². The number of likely N-dealkylation sites (N-methyl/N-ethyl adjacent to an activating group) is 1. The molecule has 6 aliphatic rings. The minimum Gasteiger partial charge on any atom is -0.461 e. The van der Waals surface area contributed by atoms with Crippen molar-refractivity contribution < 1.29 is 18.8 Å². The molecule has 4 aliphatic carbocycles. The number of fused-ring (bicyclic) bond motifs is 5. The Balaban J connectivity index is 1.26. The average Bonchev–Trinajstić information content (AvgIpc) is 3.16. The standard InChI is InChI=1S/C32H53N2O3/c1-22(35)37-29-19-23-11-12-24-25(32(23,3)21-27(29)33-15-7-5-8-16-33)13-14-31(2)26(24)20-28(30(31)36)34(4)17-9-6-10-18-34/h23-29H,5-21H2,1-4H3/q+1/t23-,24-,25+,26-,27-,28-,29-,31-,32-/m0/s1. The van der Waals surface area contributed by atoms with Gasteiger partial charge in [0.05, 0.1) is 20.1 Å². The van der Waals surface area contributed by atoms with Crippen LogP contribution in [0, 0.1) is 34.5 Å². The highest BCUT2D eigenvalue weighted by molar-refractivity contribution is 5.91. The highest BCUT2D eigenvalue weighted by Crippen LogP contribution is 2.66. The molecule has 0 unspecified atom stereocenters. The maximum atomic E-state index is 14.1. The van der Waals surface area contributed by atoms with Crippen LogP contribution in [0.1, 0.15) is 104 Å². The van der Waals surface area contributed by atoms with E-state index in [2.05, 4.69) is 25.8 Å². The first-order valence-electron chi connectivity index (χ1n) is 16.0. The van der Waals surface area contributed by atoms with Crippen LogP contribution in [0.5, 0.6) is 0 Å². The number of rotatable bonds is 3. The summed E-state index contributed by atoms with van der Waals surface area (Å²) >= 11 is 0. The first-order valence-corrected chi connectivity index (χ1v) is 16.0. The van der Waals surface area contributed by atoms with E-state index in [1.54, 1.807) is 6.92 Å². The first-order chi connectivity index (χ1) is 17.7. The fourth-order valence-corrected chi connectivity index (χ4v) is 11.1. The predicted molar refractivity (Wildman–Crippen MR) is 146 cm³/mol. The van der Waals surface area contributed by atoms with Gasteiger partial charge in [-0.2, -0.15) is 0 Å². The summed E-state index contributed by atoms with van der Waals surface area (Å²) in [4.78, 5) is 28.9. The fourth-order valence-electron chi connectivity index (χ4n) is 11.1. The van der Waals surface area contributed by atoms with E-state index >= 15 is 0 Å². The summed E-state index contributed by atoms with van der Waals surface area (Å²) in [5.41, 5.74) is 0.197. The average molecular weight is 514 g/mol. The van der Waals surface area contributed by atoms with Gasteiger partial charge in [0.2, 0.25) is 0 Å².